The van der Waals surface area contributed by atoms with Crippen LogP contribution in [0.15, 0.2) is 41.2 Å². The molecule has 2 aliphatic heterocycles. The van der Waals surface area contributed by atoms with E-state index in [0.717, 1.165) is 38.3 Å². The van der Waals surface area contributed by atoms with Crippen molar-refractivity contribution in [2.24, 2.45) is 0 Å². The smallest absolute Gasteiger partial charge is 0.254 e. The van der Waals surface area contributed by atoms with Crippen LogP contribution in [0, 0.1) is 0 Å². The zero-order chi connectivity index (χ0) is 18.9. The van der Waals surface area contributed by atoms with Gasteiger partial charge in [0.1, 0.15) is 5.82 Å². The van der Waals surface area contributed by atoms with Crippen LogP contribution in [0.2, 0.25) is 0 Å². The van der Waals surface area contributed by atoms with Crippen LogP contribution < -0.4 is 15.4 Å². The average molecular weight is 368 g/mol. The molecule has 3 heterocycles. The van der Waals surface area contributed by atoms with Gasteiger partial charge in [-0.3, -0.25) is 9.78 Å². The summed E-state index contributed by atoms with van der Waals surface area (Å²) < 4.78 is 5.43. The maximum Gasteiger partial charge on any atom is 0.254 e. The number of ether oxygens (including phenoxy) is 1. The normalized spacial score (nSPS) is 20.9. The molecule has 2 saturated heterocycles. The molecule has 2 aromatic rings. The second-order valence-electron chi connectivity index (χ2n) is 7.97. The highest BCUT2D eigenvalue weighted by molar-refractivity contribution is 5.46. The Bertz CT molecular complexity index is 828. The molecule has 0 amide bonds. The van der Waals surface area contributed by atoms with Crippen LogP contribution in [-0.2, 0) is 10.2 Å². The van der Waals surface area contributed by atoms with Gasteiger partial charge in [-0.15, -0.1) is 0 Å². The van der Waals surface area contributed by atoms with Gasteiger partial charge >= 0.3 is 0 Å². The molecule has 1 atom stereocenters. The monoisotopic (exact) mass is 368 g/mol. The molecule has 0 bridgehead atoms. The Balaban J connectivity index is 1.66. The lowest BCUT2D eigenvalue weighted by Gasteiger charge is -2.39. The van der Waals surface area contributed by atoms with Gasteiger partial charge in [-0.25, -0.2) is 0 Å². The van der Waals surface area contributed by atoms with Crippen LogP contribution in [-0.4, -0.2) is 48.9 Å². The molecule has 27 heavy (non-hydrogen) atoms. The molecular formula is C21H28N4O2. The Morgan fingerprint density at radius 2 is 1.89 bits per heavy atom. The van der Waals surface area contributed by atoms with Crippen molar-refractivity contribution in [2.75, 3.05) is 42.6 Å². The zero-order valence-electron chi connectivity index (χ0n) is 16.1. The summed E-state index contributed by atoms with van der Waals surface area (Å²) in [5, 5.41) is 0. The van der Waals surface area contributed by atoms with Crippen molar-refractivity contribution in [3.63, 3.8) is 0 Å². The molecule has 0 radical (unpaired) electrons. The van der Waals surface area contributed by atoms with Gasteiger partial charge in [0.2, 0.25) is 5.95 Å². The summed E-state index contributed by atoms with van der Waals surface area (Å²) in [6, 6.07) is 12.5. The van der Waals surface area contributed by atoms with Crippen molar-refractivity contribution in [3.8, 4) is 0 Å². The van der Waals surface area contributed by atoms with Crippen LogP contribution in [0.4, 0.5) is 11.8 Å². The number of morpholine rings is 1. The van der Waals surface area contributed by atoms with Gasteiger partial charge in [-0.1, -0.05) is 44.2 Å². The molecular weight excluding hydrogens is 340 g/mol. The van der Waals surface area contributed by atoms with Crippen LogP contribution in [0.25, 0.3) is 0 Å². The van der Waals surface area contributed by atoms with E-state index in [0.29, 0.717) is 25.2 Å². The molecule has 1 aromatic heterocycles. The minimum absolute atomic E-state index is 0.0364. The molecule has 1 aromatic carbocycles. The Hall–Kier alpha value is -2.34. The predicted molar refractivity (Wildman–Crippen MR) is 108 cm³/mol. The first-order valence-corrected chi connectivity index (χ1v) is 9.82. The van der Waals surface area contributed by atoms with Gasteiger partial charge in [-0.2, -0.15) is 4.98 Å². The number of rotatable bonds is 4. The van der Waals surface area contributed by atoms with Crippen LogP contribution in [0.3, 0.4) is 0 Å². The Morgan fingerprint density at radius 3 is 2.63 bits per heavy atom. The summed E-state index contributed by atoms with van der Waals surface area (Å²) in [5.41, 5.74) is 1.18. The predicted octanol–water partition coefficient (Wildman–Crippen LogP) is 2.55. The Morgan fingerprint density at radius 1 is 1.15 bits per heavy atom. The van der Waals surface area contributed by atoms with Crippen LogP contribution in [0.1, 0.15) is 32.3 Å². The van der Waals surface area contributed by atoms with Crippen molar-refractivity contribution < 1.29 is 4.74 Å². The fourth-order valence-corrected chi connectivity index (χ4v) is 4.35. The SMILES string of the molecule is CC(C)(c1ccccc1)[C@@H]1CCCN1c1nc(N2CCOCC2)cc(=O)[nH]1. The molecule has 6 nitrogen and oxygen atoms in total. The minimum atomic E-state index is -0.0929. The van der Waals surface area contributed by atoms with Gasteiger partial charge in [0.25, 0.3) is 5.56 Å². The molecule has 2 aliphatic rings. The standard InChI is InChI=1S/C21H28N4O2/c1-21(2,16-7-4-3-5-8-16)17-9-6-10-25(17)20-22-18(15-19(26)23-20)24-11-13-27-14-12-24/h3-5,7-8,15,17H,6,9-14H2,1-2H3,(H,22,23,26)/t17-/m0/s1. The van der Waals surface area contributed by atoms with E-state index in [-0.39, 0.29) is 11.0 Å². The first-order valence-electron chi connectivity index (χ1n) is 9.82. The van der Waals surface area contributed by atoms with Crippen LogP contribution >= 0.6 is 0 Å². The number of nitrogens with zero attached hydrogens (tertiary/aromatic N) is 3. The van der Waals surface area contributed by atoms with E-state index >= 15 is 0 Å². The largest absolute Gasteiger partial charge is 0.378 e. The lowest BCUT2D eigenvalue weighted by atomic mass is 9.76. The average Bonchev–Trinajstić information content (AvgIpc) is 3.20. The van der Waals surface area contributed by atoms with Crippen molar-refractivity contribution in [3.05, 3.63) is 52.3 Å². The molecule has 144 valence electrons. The lowest BCUT2D eigenvalue weighted by molar-refractivity contribution is 0.122. The maximum absolute atomic E-state index is 12.4. The first kappa shape index (κ1) is 18.0. The second-order valence-corrected chi connectivity index (χ2v) is 7.97. The summed E-state index contributed by atoms with van der Waals surface area (Å²) in [6.07, 6.45) is 2.19. The summed E-state index contributed by atoms with van der Waals surface area (Å²) in [4.78, 5) is 24.6. The van der Waals surface area contributed by atoms with E-state index in [2.05, 4.69) is 59.0 Å². The number of aromatic amines is 1. The summed E-state index contributed by atoms with van der Waals surface area (Å²) in [6.45, 7) is 8.39. The van der Waals surface area contributed by atoms with Crippen molar-refractivity contribution in [1.29, 1.82) is 0 Å². The third-order valence-corrected chi connectivity index (χ3v) is 5.93. The quantitative estimate of drug-likeness (QED) is 0.899. The van der Waals surface area contributed by atoms with Gasteiger partial charge in [0.15, 0.2) is 0 Å². The first-order chi connectivity index (χ1) is 13.1. The highest BCUT2D eigenvalue weighted by Crippen LogP contribution is 2.37. The summed E-state index contributed by atoms with van der Waals surface area (Å²) >= 11 is 0. The highest BCUT2D eigenvalue weighted by atomic mass is 16.5. The van der Waals surface area contributed by atoms with E-state index in [1.807, 2.05) is 0 Å². The topological polar surface area (TPSA) is 61.5 Å². The van der Waals surface area contributed by atoms with Crippen molar-refractivity contribution in [2.45, 2.75) is 38.1 Å². The Labute approximate surface area is 160 Å². The molecule has 4 rings (SSSR count). The molecule has 0 saturated carbocycles. The van der Waals surface area contributed by atoms with Crippen molar-refractivity contribution >= 4 is 11.8 Å². The fraction of sp³-hybridized carbons (Fsp3) is 0.524. The number of benzene rings is 1. The molecule has 0 spiro atoms. The van der Waals surface area contributed by atoms with E-state index in [9.17, 15) is 4.79 Å². The second kappa shape index (κ2) is 7.35. The van der Waals surface area contributed by atoms with Gasteiger partial charge < -0.3 is 14.5 Å². The van der Waals surface area contributed by atoms with E-state index < -0.39 is 0 Å². The molecule has 2 fully saturated rings. The lowest BCUT2D eigenvalue weighted by Crippen LogP contribution is -2.45. The number of hydrogen-bond acceptors (Lipinski definition) is 5. The van der Waals surface area contributed by atoms with E-state index in [4.69, 9.17) is 9.72 Å². The number of anilines is 2. The fourth-order valence-electron chi connectivity index (χ4n) is 4.35. The maximum atomic E-state index is 12.4. The van der Waals surface area contributed by atoms with E-state index in [1.54, 1.807) is 6.07 Å². The van der Waals surface area contributed by atoms with Crippen LogP contribution in [0.5, 0.6) is 0 Å². The summed E-state index contributed by atoms with van der Waals surface area (Å²) in [5.74, 6) is 1.44. The van der Waals surface area contributed by atoms with Gasteiger partial charge in [-0.05, 0) is 18.4 Å². The molecule has 1 N–H and O–H groups in total. The van der Waals surface area contributed by atoms with Gasteiger partial charge in [0, 0.05) is 37.2 Å². The molecule has 0 aliphatic carbocycles. The number of aromatic nitrogens is 2. The van der Waals surface area contributed by atoms with Gasteiger partial charge in [0.05, 0.1) is 13.2 Å². The third-order valence-electron chi connectivity index (χ3n) is 5.93. The van der Waals surface area contributed by atoms with Crippen molar-refractivity contribution in [1.82, 2.24) is 9.97 Å². The number of nitrogens with one attached hydrogen (secondary N) is 1. The zero-order valence-corrected chi connectivity index (χ0v) is 16.1. The Kier molecular flexibility index (Phi) is 4.91. The summed E-state index contributed by atoms with van der Waals surface area (Å²) in [7, 11) is 0. The third kappa shape index (κ3) is 3.58. The minimum Gasteiger partial charge on any atom is -0.378 e. The molecule has 6 heteroatoms. The number of H-pyrrole nitrogens is 1. The number of hydrogen-bond donors (Lipinski definition) is 1. The highest BCUT2D eigenvalue weighted by Gasteiger charge is 2.39. The van der Waals surface area contributed by atoms with E-state index in [1.165, 1.54) is 5.56 Å². The molecule has 0 unspecified atom stereocenters.